The third-order valence-electron chi connectivity index (χ3n) is 2.69. The Morgan fingerprint density at radius 2 is 1.81 bits per heavy atom. The second kappa shape index (κ2) is 3.65. The molecule has 0 unspecified atom stereocenters. The van der Waals surface area contributed by atoms with E-state index in [0.29, 0.717) is 0 Å². The fraction of sp³-hybridized carbons (Fsp3) is 0. The molecule has 0 saturated carbocycles. The lowest BCUT2D eigenvalue weighted by molar-refractivity contribution is 1.65. The zero-order chi connectivity index (χ0) is 11.0. The van der Waals surface area contributed by atoms with Gasteiger partial charge in [-0.25, -0.2) is 0 Å². The fourth-order valence-electron chi connectivity index (χ4n) is 1.95. The Kier molecular flexibility index (Phi) is 2.15. The standard InChI is InChI=1S/C14H11NS/c15-11-4-1-3-10(9-11)12-5-2-6-14-13(12)7-8-16-14/h1-9H,15H2. The molecule has 0 aliphatic rings. The summed E-state index contributed by atoms with van der Waals surface area (Å²) in [6.07, 6.45) is 0. The monoisotopic (exact) mass is 225 g/mol. The lowest BCUT2D eigenvalue weighted by Crippen LogP contribution is -1.85. The predicted octanol–water partition coefficient (Wildman–Crippen LogP) is 4.15. The van der Waals surface area contributed by atoms with E-state index in [4.69, 9.17) is 5.73 Å². The van der Waals surface area contributed by atoms with E-state index in [1.165, 1.54) is 21.2 Å². The summed E-state index contributed by atoms with van der Waals surface area (Å²) in [5.74, 6) is 0. The summed E-state index contributed by atoms with van der Waals surface area (Å²) < 4.78 is 1.32. The van der Waals surface area contributed by atoms with Gasteiger partial charge in [-0.15, -0.1) is 11.3 Å². The van der Waals surface area contributed by atoms with Crippen molar-refractivity contribution >= 4 is 27.1 Å². The van der Waals surface area contributed by atoms with Crippen molar-refractivity contribution in [1.29, 1.82) is 0 Å². The first kappa shape index (κ1) is 9.43. The topological polar surface area (TPSA) is 26.0 Å². The SMILES string of the molecule is Nc1cccc(-c2cccc3sccc23)c1. The minimum atomic E-state index is 0.810. The molecule has 3 rings (SSSR count). The van der Waals surface area contributed by atoms with Crippen molar-refractivity contribution in [2.24, 2.45) is 0 Å². The molecular formula is C14H11NS. The molecule has 16 heavy (non-hydrogen) atoms. The minimum absolute atomic E-state index is 0.810. The Bertz CT molecular complexity index is 640. The van der Waals surface area contributed by atoms with Crippen LogP contribution in [0.4, 0.5) is 5.69 Å². The molecule has 0 fully saturated rings. The van der Waals surface area contributed by atoms with Gasteiger partial charge in [-0.2, -0.15) is 0 Å². The van der Waals surface area contributed by atoms with Crippen LogP contribution >= 0.6 is 11.3 Å². The van der Waals surface area contributed by atoms with Gasteiger partial charge in [0.2, 0.25) is 0 Å². The zero-order valence-electron chi connectivity index (χ0n) is 8.68. The Morgan fingerprint density at radius 1 is 0.938 bits per heavy atom. The number of hydrogen-bond acceptors (Lipinski definition) is 2. The largest absolute Gasteiger partial charge is 0.399 e. The average molecular weight is 225 g/mol. The Labute approximate surface area is 98.2 Å². The van der Waals surface area contributed by atoms with Gasteiger partial charge < -0.3 is 5.73 Å². The highest BCUT2D eigenvalue weighted by Gasteiger charge is 2.04. The van der Waals surface area contributed by atoms with E-state index in [2.05, 4.69) is 35.7 Å². The van der Waals surface area contributed by atoms with Gasteiger partial charge in [0, 0.05) is 15.8 Å². The van der Waals surface area contributed by atoms with E-state index < -0.39 is 0 Å². The summed E-state index contributed by atoms with van der Waals surface area (Å²) in [5.41, 5.74) is 9.07. The highest BCUT2D eigenvalue weighted by molar-refractivity contribution is 7.17. The molecule has 2 aromatic carbocycles. The van der Waals surface area contributed by atoms with Crippen LogP contribution in [0.1, 0.15) is 0 Å². The highest BCUT2D eigenvalue weighted by atomic mass is 32.1. The molecule has 1 nitrogen and oxygen atoms in total. The molecular weight excluding hydrogens is 214 g/mol. The number of fused-ring (bicyclic) bond motifs is 1. The molecule has 0 spiro atoms. The van der Waals surface area contributed by atoms with E-state index in [1.807, 2.05) is 18.2 Å². The van der Waals surface area contributed by atoms with Crippen molar-refractivity contribution in [3.63, 3.8) is 0 Å². The summed E-state index contributed by atoms with van der Waals surface area (Å²) in [6, 6.07) is 16.6. The van der Waals surface area contributed by atoms with Gasteiger partial charge in [0.15, 0.2) is 0 Å². The molecule has 0 aliphatic carbocycles. The van der Waals surface area contributed by atoms with Gasteiger partial charge in [0.25, 0.3) is 0 Å². The number of nitrogen functional groups attached to an aromatic ring is 1. The summed E-state index contributed by atoms with van der Waals surface area (Å²) >= 11 is 1.77. The molecule has 0 atom stereocenters. The number of anilines is 1. The second-order valence-corrected chi connectivity index (χ2v) is 4.71. The molecule has 1 aromatic heterocycles. The normalized spacial score (nSPS) is 10.8. The average Bonchev–Trinajstić information content (AvgIpc) is 2.76. The number of rotatable bonds is 1. The number of nitrogens with two attached hydrogens (primary N) is 1. The van der Waals surface area contributed by atoms with Crippen molar-refractivity contribution in [3.8, 4) is 11.1 Å². The maximum atomic E-state index is 5.82. The van der Waals surface area contributed by atoms with Crippen LogP contribution in [0.25, 0.3) is 21.2 Å². The number of hydrogen-bond donors (Lipinski definition) is 1. The molecule has 3 aromatic rings. The summed E-state index contributed by atoms with van der Waals surface area (Å²) in [7, 11) is 0. The minimum Gasteiger partial charge on any atom is -0.399 e. The molecule has 0 aliphatic heterocycles. The van der Waals surface area contributed by atoms with E-state index in [1.54, 1.807) is 11.3 Å². The van der Waals surface area contributed by atoms with Crippen LogP contribution in [0.2, 0.25) is 0 Å². The van der Waals surface area contributed by atoms with Crippen LogP contribution in [-0.2, 0) is 0 Å². The molecule has 0 saturated heterocycles. The fourth-order valence-corrected chi connectivity index (χ4v) is 2.76. The van der Waals surface area contributed by atoms with Gasteiger partial charge in [-0.1, -0.05) is 24.3 Å². The first-order chi connectivity index (χ1) is 7.84. The molecule has 2 heteroatoms. The van der Waals surface area contributed by atoms with Crippen LogP contribution in [0, 0.1) is 0 Å². The smallest absolute Gasteiger partial charge is 0.0348 e. The molecule has 78 valence electrons. The molecule has 2 N–H and O–H groups in total. The quantitative estimate of drug-likeness (QED) is 0.618. The molecule has 0 amide bonds. The van der Waals surface area contributed by atoms with Crippen LogP contribution in [-0.4, -0.2) is 0 Å². The first-order valence-corrected chi connectivity index (χ1v) is 6.05. The maximum absolute atomic E-state index is 5.82. The molecule has 0 bridgehead atoms. The van der Waals surface area contributed by atoms with Crippen LogP contribution in [0.15, 0.2) is 53.9 Å². The Hall–Kier alpha value is -1.80. The van der Waals surface area contributed by atoms with E-state index in [9.17, 15) is 0 Å². The third-order valence-corrected chi connectivity index (χ3v) is 3.58. The third kappa shape index (κ3) is 1.48. The number of benzene rings is 2. The number of thiophene rings is 1. The van der Waals surface area contributed by atoms with Crippen LogP contribution in [0.5, 0.6) is 0 Å². The van der Waals surface area contributed by atoms with Gasteiger partial charge in [-0.05, 0) is 40.8 Å². The van der Waals surface area contributed by atoms with Crippen LogP contribution < -0.4 is 5.73 Å². The highest BCUT2D eigenvalue weighted by Crippen LogP contribution is 2.32. The predicted molar refractivity (Wildman–Crippen MR) is 71.7 cm³/mol. The van der Waals surface area contributed by atoms with E-state index >= 15 is 0 Å². The van der Waals surface area contributed by atoms with Crippen molar-refractivity contribution in [2.75, 3.05) is 5.73 Å². The summed E-state index contributed by atoms with van der Waals surface area (Å²) in [5, 5.41) is 3.43. The second-order valence-electron chi connectivity index (χ2n) is 3.76. The first-order valence-electron chi connectivity index (χ1n) is 5.17. The zero-order valence-corrected chi connectivity index (χ0v) is 9.50. The van der Waals surface area contributed by atoms with Crippen molar-refractivity contribution in [3.05, 3.63) is 53.9 Å². The van der Waals surface area contributed by atoms with Crippen molar-refractivity contribution in [1.82, 2.24) is 0 Å². The Morgan fingerprint density at radius 3 is 2.69 bits per heavy atom. The lowest BCUT2D eigenvalue weighted by atomic mass is 10.0. The van der Waals surface area contributed by atoms with Gasteiger partial charge in [0.1, 0.15) is 0 Å². The maximum Gasteiger partial charge on any atom is 0.0348 e. The molecule has 1 heterocycles. The van der Waals surface area contributed by atoms with Crippen molar-refractivity contribution < 1.29 is 0 Å². The molecule has 0 radical (unpaired) electrons. The van der Waals surface area contributed by atoms with E-state index in [-0.39, 0.29) is 0 Å². The van der Waals surface area contributed by atoms with Crippen molar-refractivity contribution in [2.45, 2.75) is 0 Å². The summed E-state index contributed by atoms with van der Waals surface area (Å²) in [4.78, 5) is 0. The lowest BCUT2D eigenvalue weighted by Gasteiger charge is -2.04. The van der Waals surface area contributed by atoms with E-state index in [0.717, 1.165) is 5.69 Å². The Balaban J connectivity index is 2.29. The van der Waals surface area contributed by atoms with Gasteiger partial charge >= 0.3 is 0 Å². The summed E-state index contributed by atoms with van der Waals surface area (Å²) in [6.45, 7) is 0. The van der Waals surface area contributed by atoms with Gasteiger partial charge in [-0.3, -0.25) is 0 Å². The van der Waals surface area contributed by atoms with Crippen LogP contribution in [0.3, 0.4) is 0 Å². The van der Waals surface area contributed by atoms with Gasteiger partial charge in [0.05, 0.1) is 0 Å².